The van der Waals surface area contributed by atoms with E-state index in [1.165, 1.54) is 22.7 Å². The number of hydrogen-bond donors (Lipinski definition) is 2. The Kier molecular flexibility index (Phi) is 7.71. The fraction of sp³-hybridized carbons (Fsp3) is 0.333. The van der Waals surface area contributed by atoms with Crippen molar-refractivity contribution in [3.8, 4) is 0 Å². The van der Waals surface area contributed by atoms with Gasteiger partial charge in [-0.05, 0) is 42.5 Å². The van der Waals surface area contributed by atoms with Gasteiger partial charge in [0.05, 0.1) is 23.5 Å². The Morgan fingerprint density at radius 3 is 2.53 bits per heavy atom. The molecule has 0 atom stereocenters. The molecule has 3 amide bonds. The molecule has 0 radical (unpaired) electrons. The lowest BCUT2D eigenvalue weighted by molar-refractivity contribution is -0.132. The second-order valence-corrected chi connectivity index (χ2v) is 10.0. The Hall–Kier alpha value is -3.08. The summed E-state index contributed by atoms with van der Waals surface area (Å²) in [5, 5.41) is 9.90. The zero-order valence-corrected chi connectivity index (χ0v) is 20.8. The van der Waals surface area contributed by atoms with E-state index in [2.05, 4.69) is 20.5 Å². The number of carbonyl (C=O) groups is 3. The first kappa shape index (κ1) is 24.1. The van der Waals surface area contributed by atoms with Gasteiger partial charge in [-0.1, -0.05) is 18.2 Å². The van der Waals surface area contributed by atoms with Crippen molar-refractivity contribution in [3.63, 3.8) is 0 Å². The highest BCUT2D eigenvalue weighted by Gasteiger charge is 2.23. The number of thiazole rings is 1. The number of nitrogens with one attached hydrogen (secondary N) is 2. The van der Waals surface area contributed by atoms with Crippen LogP contribution in [-0.2, 0) is 16.0 Å². The average Bonchev–Trinajstić information content (AvgIpc) is 3.50. The molecule has 0 saturated carbocycles. The van der Waals surface area contributed by atoms with Gasteiger partial charge in [-0.3, -0.25) is 24.6 Å². The molecule has 2 aromatic heterocycles. The molecule has 1 aromatic carbocycles. The first-order chi connectivity index (χ1) is 16.4. The van der Waals surface area contributed by atoms with Crippen LogP contribution < -0.4 is 10.6 Å². The normalized spacial score (nSPS) is 14.1. The molecule has 4 rings (SSSR count). The monoisotopic (exact) mass is 497 g/mol. The van der Waals surface area contributed by atoms with Gasteiger partial charge < -0.3 is 10.2 Å². The number of aromatic nitrogens is 1. The minimum absolute atomic E-state index is 0.000852. The van der Waals surface area contributed by atoms with Crippen LogP contribution >= 0.6 is 22.7 Å². The summed E-state index contributed by atoms with van der Waals surface area (Å²) in [7, 11) is 0. The SMILES string of the molecule is Cc1cccc(NC(=O)CN2CCN(C(=O)Cc3csc(NC(=O)c4cccs4)n3)CC2)c1C. The quantitative estimate of drug-likeness (QED) is 0.522. The average molecular weight is 498 g/mol. The van der Waals surface area contributed by atoms with Gasteiger partial charge >= 0.3 is 0 Å². The third kappa shape index (κ3) is 6.07. The third-order valence-electron chi connectivity index (χ3n) is 5.82. The first-order valence-corrected chi connectivity index (χ1v) is 12.8. The van der Waals surface area contributed by atoms with Crippen LogP contribution in [0.25, 0.3) is 0 Å². The smallest absolute Gasteiger partial charge is 0.267 e. The van der Waals surface area contributed by atoms with Crippen LogP contribution in [0, 0.1) is 13.8 Å². The molecule has 10 heteroatoms. The van der Waals surface area contributed by atoms with Gasteiger partial charge in [-0.15, -0.1) is 22.7 Å². The molecule has 0 bridgehead atoms. The maximum Gasteiger partial charge on any atom is 0.267 e. The minimum atomic E-state index is -0.194. The van der Waals surface area contributed by atoms with Gasteiger partial charge in [0.15, 0.2) is 5.13 Å². The third-order valence-corrected chi connectivity index (χ3v) is 7.50. The van der Waals surface area contributed by atoms with Crippen LogP contribution in [0.2, 0.25) is 0 Å². The Morgan fingerprint density at radius 2 is 1.79 bits per heavy atom. The van der Waals surface area contributed by atoms with Crippen LogP contribution in [0.3, 0.4) is 0 Å². The van der Waals surface area contributed by atoms with Gasteiger partial charge in [0.2, 0.25) is 11.8 Å². The van der Waals surface area contributed by atoms with E-state index in [1.54, 1.807) is 11.4 Å². The number of rotatable bonds is 7. The summed E-state index contributed by atoms with van der Waals surface area (Å²) in [5.74, 6) is -0.242. The molecule has 178 valence electrons. The molecule has 3 heterocycles. The lowest BCUT2D eigenvalue weighted by Crippen LogP contribution is -2.50. The summed E-state index contributed by atoms with van der Waals surface area (Å²) in [6.07, 6.45) is 0.193. The number of piperazine rings is 1. The van der Waals surface area contributed by atoms with E-state index in [0.29, 0.717) is 48.4 Å². The summed E-state index contributed by atoms with van der Waals surface area (Å²) < 4.78 is 0. The second kappa shape index (κ2) is 10.9. The molecule has 0 spiro atoms. The van der Waals surface area contributed by atoms with Crippen LogP contribution in [0.15, 0.2) is 41.1 Å². The van der Waals surface area contributed by atoms with Gasteiger partial charge in [0.1, 0.15) is 0 Å². The number of aryl methyl sites for hydroxylation is 1. The van der Waals surface area contributed by atoms with E-state index < -0.39 is 0 Å². The lowest BCUT2D eigenvalue weighted by Gasteiger charge is -2.34. The van der Waals surface area contributed by atoms with Crippen molar-refractivity contribution in [3.05, 3.63) is 62.8 Å². The molecular formula is C24H27N5O3S2. The van der Waals surface area contributed by atoms with Crippen molar-refractivity contribution in [1.82, 2.24) is 14.8 Å². The van der Waals surface area contributed by atoms with Crippen molar-refractivity contribution in [2.24, 2.45) is 0 Å². The largest absolute Gasteiger partial charge is 0.340 e. The fourth-order valence-corrected chi connectivity index (χ4v) is 5.04. The summed E-state index contributed by atoms with van der Waals surface area (Å²) in [5.41, 5.74) is 3.70. The first-order valence-electron chi connectivity index (χ1n) is 11.0. The number of anilines is 2. The molecule has 0 aliphatic carbocycles. The molecule has 1 saturated heterocycles. The molecule has 1 aliphatic rings. The Labute approximate surface area is 206 Å². The van der Waals surface area contributed by atoms with Crippen molar-refractivity contribution < 1.29 is 14.4 Å². The number of nitrogens with zero attached hydrogens (tertiary/aromatic N) is 3. The molecule has 1 aliphatic heterocycles. The lowest BCUT2D eigenvalue weighted by atomic mass is 10.1. The molecule has 8 nitrogen and oxygen atoms in total. The summed E-state index contributed by atoms with van der Waals surface area (Å²) in [6.45, 7) is 6.75. The fourth-order valence-electron chi connectivity index (χ4n) is 3.71. The van der Waals surface area contributed by atoms with E-state index in [0.717, 1.165) is 16.8 Å². The summed E-state index contributed by atoms with van der Waals surface area (Å²) >= 11 is 2.68. The molecule has 2 N–H and O–H groups in total. The second-order valence-electron chi connectivity index (χ2n) is 8.20. The summed E-state index contributed by atoms with van der Waals surface area (Å²) in [6, 6.07) is 9.45. The van der Waals surface area contributed by atoms with Gasteiger partial charge in [-0.2, -0.15) is 0 Å². The van der Waals surface area contributed by atoms with Crippen molar-refractivity contribution in [1.29, 1.82) is 0 Å². The Morgan fingerprint density at radius 1 is 1.00 bits per heavy atom. The van der Waals surface area contributed by atoms with Crippen LogP contribution in [0.4, 0.5) is 10.8 Å². The van der Waals surface area contributed by atoms with Crippen molar-refractivity contribution >= 4 is 51.2 Å². The van der Waals surface area contributed by atoms with Crippen molar-refractivity contribution in [2.75, 3.05) is 43.4 Å². The maximum atomic E-state index is 12.7. The molecule has 0 unspecified atom stereocenters. The van der Waals surface area contributed by atoms with Gasteiger partial charge in [0, 0.05) is 37.2 Å². The minimum Gasteiger partial charge on any atom is -0.340 e. The molecular weight excluding hydrogens is 470 g/mol. The highest BCUT2D eigenvalue weighted by molar-refractivity contribution is 7.14. The van der Waals surface area contributed by atoms with Crippen LogP contribution in [-0.4, -0.2) is 65.2 Å². The highest BCUT2D eigenvalue weighted by atomic mass is 32.1. The predicted octanol–water partition coefficient (Wildman–Crippen LogP) is 3.40. The standard InChI is InChI=1S/C24H27N5O3S2/c1-16-5-3-6-19(17(16)2)26-21(30)14-28-8-10-29(11-9-28)22(31)13-18-15-34-24(25-18)27-23(32)20-7-4-12-33-20/h3-7,12,15H,8-11,13-14H2,1-2H3,(H,26,30)(H,25,27,32). The van der Waals surface area contributed by atoms with E-state index in [-0.39, 0.29) is 24.1 Å². The number of thiophene rings is 1. The number of carbonyl (C=O) groups excluding carboxylic acids is 3. The molecule has 1 fully saturated rings. The zero-order valence-electron chi connectivity index (χ0n) is 19.2. The topological polar surface area (TPSA) is 94.6 Å². The van der Waals surface area contributed by atoms with Crippen LogP contribution in [0.5, 0.6) is 0 Å². The van der Waals surface area contributed by atoms with E-state index >= 15 is 0 Å². The highest BCUT2D eigenvalue weighted by Crippen LogP contribution is 2.20. The van der Waals surface area contributed by atoms with Gasteiger partial charge in [0.25, 0.3) is 5.91 Å². The summed E-state index contributed by atoms with van der Waals surface area (Å²) in [4.78, 5) is 46.2. The predicted molar refractivity (Wildman–Crippen MR) is 136 cm³/mol. The van der Waals surface area contributed by atoms with E-state index in [1.807, 2.05) is 48.4 Å². The Bertz CT molecular complexity index is 1170. The van der Waals surface area contributed by atoms with E-state index in [9.17, 15) is 14.4 Å². The van der Waals surface area contributed by atoms with E-state index in [4.69, 9.17) is 0 Å². The zero-order chi connectivity index (χ0) is 24.1. The van der Waals surface area contributed by atoms with Crippen LogP contribution in [0.1, 0.15) is 26.5 Å². The molecule has 34 heavy (non-hydrogen) atoms. The van der Waals surface area contributed by atoms with Crippen molar-refractivity contribution in [2.45, 2.75) is 20.3 Å². The number of hydrogen-bond acceptors (Lipinski definition) is 7. The Balaban J connectivity index is 1.21. The number of benzene rings is 1. The number of amides is 3. The molecule has 3 aromatic rings. The van der Waals surface area contributed by atoms with Gasteiger partial charge in [-0.25, -0.2) is 4.98 Å². The maximum absolute atomic E-state index is 12.7.